The highest BCUT2D eigenvalue weighted by molar-refractivity contribution is 5.95. The summed E-state index contributed by atoms with van der Waals surface area (Å²) < 4.78 is 0. The number of aliphatic carboxylic acids is 2. The van der Waals surface area contributed by atoms with Crippen LogP contribution in [0, 0.1) is 5.92 Å². The predicted molar refractivity (Wildman–Crippen MR) is 132 cm³/mol. The van der Waals surface area contributed by atoms with E-state index in [2.05, 4.69) is 16.0 Å². The molecule has 0 heterocycles. The molecule has 0 aliphatic rings. The zero-order valence-corrected chi connectivity index (χ0v) is 20.8. The average molecular weight is 522 g/mol. The lowest BCUT2D eigenvalue weighted by Crippen LogP contribution is -2.57. The minimum Gasteiger partial charge on any atom is -0.481 e. The molecule has 13 nitrogen and oxygen atoms in total. The first-order valence-corrected chi connectivity index (χ1v) is 11.7. The van der Waals surface area contributed by atoms with Gasteiger partial charge in [-0.3, -0.25) is 24.0 Å². The first-order valence-electron chi connectivity index (χ1n) is 11.7. The van der Waals surface area contributed by atoms with E-state index in [1.165, 1.54) is 0 Å². The predicted octanol–water partition coefficient (Wildman–Crippen LogP) is -1.12. The molecular weight excluding hydrogens is 486 g/mol. The Bertz CT molecular complexity index is 969. The topological polar surface area (TPSA) is 231 Å². The van der Waals surface area contributed by atoms with E-state index < -0.39 is 66.2 Å². The monoisotopic (exact) mass is 521 g/mol. The largest absolute Gasteiger partial charge is 0.481 e. The summed E-state index contributed by atoms with van der Waals surface area (Å²) in [6.07, 6.45) is -1.18. The molecule has 0 radical (unpaired) electrons. The van der Waals surface area contributed by atoms with Gasteiger partial charge in [0, 0.05) is 6.42 Å². The molecule has 4 atom stereocenters. The van der Waals surface area contributed by atoms with Crippen LogP contribution in [0.15, 0.2) is 30.3 Å². The number of nitrogens with one attached hydrogen (secondary N) is 3. The van der Waals surface area contributed by atoms with E-state index in [4.69, 9.17) is 11.5 Å². The average Bonchev–Trinajstić information content (AvgIpc) is 2.80. The standard InChI is InChI=1S/C24H35N5O8/c1-13(2)10-18(24(36)37)29-22(34)16(8-9-19(26)30)27-23(35)17(12-20(31)32)28-21(33)15(25)11-14-6-4-3-5-7-14/h3-7,13,15-18H,8-12,25H2,1-2H3,(H2,26,30)(H,27,35)(H,28,33)(H,29,34)(H,31,32)(H,36,37). The number of carbonyl (C=O) groups excluding carboxylic acids is 4. The van der Waals surface area contributed by atoms with Crippen LogP contribution in [0.3, 0.4) is 0 Å². The fourth-order valence-electron chi connectivity index (χ4n) is 3.42. The van der Waals surface area contributed by atoms with Gasteiger partial charge in [0.2, 0.25) is 23.6 Å². The molecule has 1 aromatic carbocycles. The maximum atomic E-state index is 12.9. The number of carboxylic acid groups (broad SMARTS) is 2. The molecule has 4 amide bonds. The molecule has 0 aliphatic carbocycles. The zero-order valence-electron chi connectivity index (χ0n) is 20.8. The highest BCUT2D eigenvalue weighted by Gasteiger charge is 2.31. The van der Waals surface area contributed by atoms with Crippen molar-refractivity contribution in [2.24, 2.45) is 17.4 Å². The molecule has 4 unspecified atom stereocenters. The van der Waals surface area contributed by atoms with Gasteiger partial charge in [0.25, 0.3) is 0 Å². The molecule has 9 N–H and O–H groups in total. The van der Waals surface area contributed by atoms with Crippen molar-refractivity contribution in [3.63, 3.8) is 0 Å². The summed E-state index contributed by atoms with van der Waals surface area (Å²) in [5.41, 5.74) is 11.8. The Morgan fingerprint density at radius 3 is 1.89 bits per heavy atom. The van der Waals surface area contributed by atoms with Gasteiger partial charge >= 0.3 is 11.9 Å². The van der Waals surface area contributed by atoms with E-state index in [1.54, 1.807) is 44.2 Å². The Hall–Kier alpha value is -4.00. The van der Waals surface area contributed by atoms with E-state index >= 15 is 0 Å². The quantitative estimate of drug-likeness (QED) is 0.139. The molecule has 0 saturated carbocycles. The van der Waals surface area contributed by atoms with Crippen LogP contribution in [0.25, 0.3) is 0 Å². The molecule has 1 aromatic rings. The number of primary amides is 1. The van der Waals surface area contributed by atoms with Crippen molar-refractivity contribution in [1.82, 2.24) is 16.0 Å². The smallest absolute Gasteiger partial charge is 0.326 e. The zero-order chi connectivity index (χ0) is 28.1. The molecule has 0 spiro atoms. The maximum absolute atomic E-state index is 12.9. The summed E-state index contributed by atoms with van der Waals surface area (Å²) in [7, 11) is 0. The summed E-state index contributed by atoms with van der Waals surface area (Å²) in [6, 6.07) is 3.44. The third kappa shape index (κ3) is 12.0. The van der Waals surface area contributed by atoms with Crippen LogP contribution < -0.4 is 27.4 Å². The fourth-order valence-corrected chi connectivity index (χ4v) is 3.42. The highest BCUT2D eigenvalue weighted by atomic mass is 16.4. The summed E-state index contributed by atoms with van der Waals surface area (Å²) in [4.78, 5) is 72.4. The minimum absolute atomic E-state index is 0.0738. The van der Waals surface area contributed by atoms with Gasteiger partial charge in [0.1, 0.15) is 18.1 Å². The van der Waals surface area contributed by atoms with Gasteiger partial charge in [-0.2, -0.15) is 0 Å². The second kappa shape index (κ2) is 15.2. The van der Waals surface area contributed by atoms with Crippen LogP contribution in [0.5, 0.6) is 0 Å². The van der Waals surface area contributed by atoms with E-state index in [-0.39, 0.29) is 31.6 Å². The lowest BCUT2D eigenvalue weighted by atomic mass is 10.0. The normalized spacial score (nSPS) is 14.1. The molecular formula is C24H35N5O8. The second-order valence-corrected chi connectivity index (χ2v) is 9.05. The van der Waals surface area contributed by atoms with E-state index in [9.17, 15) is 39.0 Å². The van der Waals surface area contributed by atoms with E-state index in [0.29, 0.717) is 0 Å². The van der Waals surface area contributed by atoms with Gasteiger partial charge in [-0.15, -0.1) is 0 Å². The van der Waals surface area contributed by atoms with Crippen LogP contribution in [0.4, 0.5) is 0 Å². The maximum Gasteiger partial charge on any atom is 0.326 e. The molecule has 0 fully saturated rings. The molecule has 1 rings (SSSR count). The van der Waals surface area contributed by atoms with Crippen LogP contribution in [-0.2, 0) is 35.2 Å². The Labute approximate surface area is 214 Å². The van der Waals surface area contributed by atoms with Crippen molar-refractivity contribution in [3.05, 3.63) is 35.9 Å². The number of amides is 4. The number of carbonyl (C=O) groups is 6. The van der Waals surface area contributed by atoms with Gasteiger partial charge in [-0.25, -0.2) is 4.79 Å². The van der Waals surface area contributed by atoms with Gasteiger partial charge in [0.15, 0.2) is 0 Å². The summed E-state index contributed by atoms with van der Waals surface area (Å²) in [6.45, 7) is 3.52. The van der Waals surface area contributed by atoms with E-state index in [0.717, 1.165) is 5.56 Å². The molecule has 204 valence electrons. The molecule has 0 aliphatic heterocycles. The third-order valence-corrected chi connectivity index (χ3v) is 5.28. The second-order valence-electron chi connectivity index (χ2n) is 9.05. The third-order valence-electron chi connectivity index (χ3n) is 5.28. The van der Waals surface area contributed by atoms with Gasteiger partial charge in [0.05, 0.1) is 12.5 Å². The Morgan fingerprint density at radius 1 is 0.838 bits per heavy atom. The van der Waals surface area contributed by atoms with Crippen molar-refractivity contribution in [3.8, 4) is 0 Å². The molecule has 0 aromatic heterocycles. The molecule has 13 heteroatoms. The Balaban J connectivity index is 3.00. The highest BCUT2D eigenvalue weighted by Crippen LogP contribution is 2.08. The van der Waals surface area contributed by atoms with Crippen LogP contribution in [0.1, 0.15) is 45.1 Å². The number of rotatable bonds is 16. The number of hydrogen-bond donors (Lipinski definition) is 7. The van der Waals surface area contributed by atoms with Crippen molar-refractivity contribution in [2.75, 3.05) is 0 Å². The number of benzene rings is 1. The lowest BCUT2D eigenvalue weighted by Gasteiger charge is -2.25. The lowest BCUT2D eigenvalue weighted by molar-refractivity contribution is -0.143. The van der Waals surface area contributed by atoms with Crippen LogP contribution in [0.2, 0.25) is 0 Å². The number of hydrogen-bond acceptors (Lipinski definition) is 7. The van der Waals surface area contributed by atoms with Gasteiger partial charge in [-0.1, -0.05) is 44.2 Å². The first kappa shape index (κ1) is 31.0. The van der Waals surface area contributed by atoms with Crippen molar-refractivity contribution in [1.29, 1.82) is 0 Å². The van der Waals surface area contributed by atoms with E-state index in [1.807, 2.05) is 0 Å². The molecule has 0 saturated heterocycles. The first-order chi connectivity index (χ1) is 17.3. The SMILES string of the molecule is CC(C)CC(NC(=O)C(CCC(N)=O)NC(=O)C(CC(=O)O)NC(=O)C(N)Cc1ccccc1)C(=O)O. The van der Waals surface area contributed by atoms with Crippen molar-refractivity contribution < 1.29 is 39.0 Å². The van der Waals surface area contributed by atoms with Gasteiger partial charge in [-0.05, 0) is 30.7 Å². The summed E-state index contributed by atoms with van der Waals surface area (Å²) in [5, 5.41) is 25.5. The number of nitrogens with two attached hydrogens (primary N) is 2. The van der Waals surface area contributed by atoms with Crippen molar-refractivity contribution in [2.45, 2.75) is 70.1 Å². The molecule has 0 bridgehead atoms. The fraction of sp³-hybridized carbons (Fsp3) is 0.500. The Morgan fingerprint density at radius 2 is 1.38 bits per heavy atom. The summed E-state index contributed by atoms with van der Waals surface area (Å²) >= 11 is 0. The minimum atomic E-state index is -1.60. The van der Waals surface area contributed by atoms with Crippen molar-refractivity contribution >= 4 is 35.6 Å². The number of carboxylic acids is 2. The Kier molecular flexibility index (Phi) is 12.7. The molecule has 37 heavy (non-hydrogen) atoms. The summed E-state index contributed by atoms with van der Waals surface area (Å²) in [5.74, 6) is -6.25. The van der Waals surface area contributed by atoms with Gasteiger partial charge < -0.3 is 37.6 Å². The van der Waals surface area contributed by atoms with Crippen LogP contribution in [-0.4, -0.2) is 69.9 Å². The van der Waals surface area contributed by atoms with Crippen LogP contribution >= 0.6 is 0 Å².